The SMILES string of the molecule is C/C(CC(=O)NC(C)c1ccccc1)=N\NC(=O)C(c1ccccc1)c1ccccc1. The third-order valence-electron chi connectivity index (χ3n) is 4.98. The van der Waals surface area contributed by atoms with Gasteiger partial charge in [0, 0.05) is 5.71 Å². The molecular formula is C26H27N3O2. The van der Waals surface area contributed by atoms with E-state index in [1.807, 2.05) is 97.9 Å². The number of hydrazone groups is 1. The first-order chi connectivity index (χ1) is 15.0. The van der Waals surface area contributed by atoms with Gasteiger partial charge in [-0.25, -0.2) is 5.43 Å². The fraction of sp³-hybridized carbons (Fsp3) is 0.192. The Kier molecular flexibility index (Phi) is 7.71. The van der Waals surface area contributed by atoms with Crippen LogP contribution in [0.1, 0.15) is 48.9 Å². The van der Waals surface area contributed by atoms with Crippen LogP contribution in [-0.4, -0.2) is 17.5 Å². The Balaban J connectivity index is 1.63. The van der Waals surface area contributed by atoms with Crippen LogP contribution in [0, 0.1) is 0 Å². The number of amides is 2. The molecule has 0 aromatic heterocycles. The summed E-state index contributed by atoms with van der Waals surface area (Å²) >= 11 is 0. The molecule has 0 aliphatic carbocycles. The summed E-state index contributed by atoms with van der Waals surface area (Å²) < 4.78 is 0. The molecule has 0 saturated heterocycles. The number of carbonyl (C=O) groups excluding carboxylic acids is 2. The lowest BCUT2D eigenvalue weighted by molar-refractivity contribution is -0.122. The molecule has 0 radical (unpaired) electrons. The first kappa shape index (κ1) is 22.0. The number of nitrogens with one attached hydrogen (secondary N) is 2. The predicted octanol–water partition coefficient (Wildman–Crippen LogP) is 4.58. The smallest absolute Gasteiger partial charge is 0.252 e. The standard InChI is InChI=1S/C26H27N3O2/c1-19(18-24(30)27-20(2)21-12-6-3-7-13-21)28-29-26(31)25(22-14-8-4-9-15-22)23-16-10-5-11-17-23/h3-17,20,25H,18H2,1-2H3,(H,27,30)(H,29,31)/b28-19+. The summed E-state index contributed by atoms with van der Waals surface area (Å²) in [7, 11) is 0. The van der Waals surface area contributed by atoms with E-state index in [1.165, 1.54) is 0 Å². The summed E-state index contributed by atoms with van der Waals surface area (Å²) in [5.41, 5.74) is 5.97. The first-order valence-electron chi connectivity index (χ1n) is 10.3. The molecule has 5 nitrogen and oxygen atoms in total. The molecule has 31 heavy (non-hydrogen) atoms. The Hall–Kier alpha value is -3.73. The van der Waals surface area contributed by atoms with E-state index >= 15 is 0 Å². The molecule has 0 fully saturated rings. The minimum Gasteiger partial charge on any atom is -0.349 e. The molecule has 3 aromatic rings. The topological polar surface area (TPSA) is 70.6 Å². The third-order valence-corrected chi connectivity index (χ3v) is 4.98. The maximum Gasteiger partial charge on any atom is 0.252 e. The predicted molar refractivity (Wildman–Crippen MR) is 124 cm³/mol. The highest BCUT2D eigenvalue weighted by Crippen LogP contribution is 2.24. The van der Waals surface area contributed by atoms with Crippen LogP contribution in [0.5, 0.6) is 0 Å². The first-order valence-corrected chi connectivity index (χ1v) is 10.3. The minimum atomic E-state index is -0.481. The van der Waals surface area contributed by atoms with Gasteiger partial charge in [-0.15, -0.1) is 0 Å². The number of nitrogens with zero attached hydrogens (tertiary/aromatic N) is 1. The van der Waals surface area contributed by atoms with E-state index in [-0.39, 0.29) is 24.3 Å². The van der Waals surface area contributed by atoms with E-state index in [9.17, 15) is 9.59 Å². The third kappa shape index (κ3) is 6.37. The molecule has 2 N–H and O–H groups in total. The Morgan fingerprint density at radius 1 is 0.774 bits per heavy atom. The van der Waals surface area contributed by atoms with Crippen LogP contribution in [0.25, 0.3) is 0 Å². The van der Waals surface area contributed by atoms with E-state index in [1.54, 1.807) is 6.92 Å². The molecule has 5 heteroatoms. The van der Waals surface area contributed by atoms with E-state index < -0.39 is 5.92 Å². The van der Waals surface area contributed by atoms with Crippen LogP contribution in [0.2, 0.25) is 0 Å². The second kappa shape index (κ2) is 10.9. The molecule has 0 spiro atoms. The van der Waals surface area contributed by atoms with Gasteiger partial charge in [-0.05, 0) is 30.5 Å². The van der Waals surface area contributed by atoms with Crippen molar-refractivity contribution in [2.75, 3.05) is 0 Å². The highest BCUT2D eigenvalue weighted by atomic mass is 16.2. The summed E-state index contributed by atoms with van der Waals surface area (Å²) in [5, 5.41) is 7.13. The van der Waals surface area contributed by atoms with Crippen LogP contribution < -0.4 is 10.7 Å². The Morgan fingerprint density at radius 3 is 1.71 bits per heavy atom. The average Bonchev–Trinajstić information content (AvgIpc) is 2.80. The van der Waals surface area contributed by atoms with Crippen LogP contribution in [0.15, 0.2) is 96.1 Å². The molecule has 2 amide bonds. The fourth-order valence-corrected chi connectivity index (χ4v) is 3.39. The lowest BCUT2D eigenvalue weighted by Gasteiger charge is -2.17. The van der Waals surface area contributed by atoms with E-state index in [2.05, 4.69) is 15.8 Å². The summed E-state index contributed by atoms with van der Waals surface area (Å²) in [6, 6.07) is 28.8. The lowest BCUT2D eigenvalue weighted by atomic mass is 9.91. The van der Waals surface area contributed by atoms with E-state index in [4.69, 9.17) is 0 Å². The van der Waals surface area contributed by atoms with Gasteiger partial charge in [0.1, 0.15) is 0 Å². The normalized spacial score (nSPS) is 12.3. The van der Waals surface area contributed by atoms with Gasteiger partial charge in [-0.2, -0.15) is 5.10 Å². The summed E-state index contributed by atoms with van der Waals surface area (Å²) in [4.78, 5) is 25.3. The van der Waals surface area contributed by atoms with Gasteiger partial charge in [0.25, 0.3) is 5.91 Å². The molecule has 1 unspecified atom stereocenters. The molecule has 3 aromatic carbocycles. The molecule has 0 heterocycles. The highest BCUT2D eigenvalue weighted by Gasteiger charge is 2.22. The molecule has 0 saturated carbocycles. The molecule has 0 aliphatic rings. The maximum absolute atomic E-state index is 13.0. The van der Waals surface area contributed by atoms with Gasteiger partial charge in [-0.1, -0.05) is 91.0 Å². The number of hydrogen-bond donors (Lipinski definition) is 2. The molecular weight excluding hydrogens is 386 g/mol. The van der Waals surface area contributed by atoms with Crippen molar-refractivity contribution >= 4 is 17.5 Å². The van der Waals surface area contributed by atoms with Gasteiger partial charge in [-0.3, -0.25) is 9.59 Å². The van der Waals surface area contributed by atoms with Crippen molar-refractivity contribution in [3.8, 4) is 0 Å². The van der Waals surface area contributed by atoms with Gasteiger partial charge < -0.3 is 5.32 Å². The molecule has 0 aliphatic heterocycles. The highest BCUT2D eigenvalue weighted by molar-refractivity contribution is 6.00. The van der Waals surface area contributed by atoms with Crippen LogP contribution in [0.4, 0.5) is 0 Å². The number of carbonyl (C=O) groups is 2. The Morgan fingerprint density at radius 2 is 1.23 bits per heavy atom. The molecule has 1 atom stereocenters. The van der Waals surface area contributed by atoms with Crippen molar-refractivity contribution in [1.82, 2.24) is 10.7 Å². The van der Waals surface area contributed by atoms with Crippen LogP contribution in [-0.2, 0) is 9.59 Å². The van der Waals surface area contributed by atoms with Crippen molar-refractivity contribution in [2.45, 2.75) is 32.2 Å². The van der Waals surface area contributed by atoms with Crippen LogP contribution >= 0.6 is 0 Å². The molecule has 3 rings (SSSR count). The average molecular weight is 414 g/mol. The van der Waals surface area contributed by atoms with Gasteiger partial charge >= 0.3 is 0 Å². The molecule has 158 valence electrons. The van der Waals surface area contributed by atoms with E-state index in [0.29, 0.717) is 5.71 Å². The van der Waals surface area contributed by atoms with Crippen molar-refractivity contribution < 1.29 is 9.59 Å². The van der Waals surface area contributed by atoms with Crippen molar-refractivity contribution in [3.05, 3.63) is 108 Å². The lowest BCUT2D eigenvalue weighted by Crippen LogP contribution is -2.30. The summed E-state index contributed by atoms with van der Waals surface area (Å²) in [6.45, 7) is 3.67. The largest absolute Gasteiger partial charge is 0.349 e. The quantitative estimate of drug-likeness (QED) is 0.419. The second-order valence-corrected chi connectivity index (χ2v) is 7.45. The summed E-state index contributed by atoms with van der Waals surface area (Å²) in [6.07, 6.45) is 0.110. The van der Waals surface area contributed by atoms with Crippen molar-refractivity contribution in [1.29, 1.82) is 0 Å². The van der Waals surface area contributed by atoms with Gasteiger partial charge in [0.15, 0.2) is 0 Å². The minimum absolute atomic E-state index is 0.100. The Bertz CT molecular complexity index is 979. The zero-order chi connectivity index (χ0) is 22.1. The fourth-order valence-electron chi connectivity index (χ4n) is 3.39. The van der Waals surface area contributed by atoms with Crippen molar-refractivity contribution in [2.24, 2.45) is 5.10 Å². The summed E-state index contributed by atoms with van der Waals surface area (Å²) in [5.74, 6) is -0.866. The van der Waals surface area contributed by atoms with Gasteiger partial charge in [0.05, 0.1) is 18.4 Å². The van der Waals surface area contributed by atoms with Crippen LogP contribution in [0.3, 0.4) is 0 Å². The zero-order valence-electron chi connectivity index (χ0n) is 17.8. The number of benzene rings is 3. The second-order valence-electron chi connectivity index (χ2n) is 7.45. The Labute approximate surface area is 183 Å². The van der Waals surface area contributed by atoms with Gasteiger partial charge in [0.2, 0.25) is 5.91 Å². The van der Waals surface area contributed by atoms with E-state index in [0.717, 1.165) is 16.7 Å². The number of rotatable bonds is 8. The molecule has 0 bridgehead atoms. The maximum atomic E-state index is 13.0. The van der Waals surface area contributed by atoms with Crippen molar-refractivity contribution in [3.63, 3.8) is 0 Å². The zero-order valence-corrected chi connectivity index (χ0v) is 17.8. The number of hydrogen-bond acceptors (Lipinski definition) is 3. The monoisotopic (exact) mass is 413 g/mol.